The third-order valence-corrected chi connectivity index (χ3v) is 9.92. The van der Waals surface area contributed by atoms with Crippen LogP contribution in [0.25, 0.3) is 0 Å². The molecule has 44 heavy (non-hydrogen) atoms. The van der Waals surface area contributed by atoms with Crippen molar-refractivity contribution in [2.45, 2.75) is 82.9 Å². The van der Waals surface area contributed by atoms with Crippen LogP contribution in [-0.2, 0) is 11.2 Å². The minimum atomic E-state index is -0.457. The largest absolute Gasteiger partial charge is 0.497 e. The Morgan fingerprint density at radius 3 is 2.23 bits per heavy atom. The molecule has 0 unspecified atom stereocenters. The molecule has 3 aromatic carbocycles. The number of anilines is 1. The maximum Gasteiger partial charge on any atom is 0.410 e. The summed E-state index contributed by atoms with van der Waals surface area (Å²) in [7, 11) is 1.75. The average Bonchev–Trinajstić information content (AvgIpc) is 3.03. The molecule has 0 N–H and O–H groups in total. The highest BCUT2D eigenvalue weighted by Gasteiger charge is 2.35. The molecule has 2 aliphatic heterocycles. The summed E-state index contributed by atoms with van der Waals surface area (Å²) in [5.41, 5.74) is 6.51. The van der Waals surface area contributed by atoms with E-state index in [1.807, 2.05) is 25.7 Å². The molecule has 0 radical (unpaired) electrons. The SMILES string of the molecule is COc1ccc2c(c1)CC[C@H](c1ccccc1)[C@@H]2c1ccc(N2CCC(N3CCN(C(=O)OC(C)(C)C)C[C@@H]3C)CC2)cc1. The Bertz CT molecular complexity index is 1410. The average molecular weight is 596 g/mol. The van der Waals surface area contributed by atoms with Crippen LogP contribution in [0.2, 0.25) is 0 Å². The van der Waals surface area contributed by atoms with Crippen molar-refractivity contribution in [1.82, 2.24) is 9.80 Å². The van der Waals surface area contributed by atoms with Gasteiger partial charge in [0.05, 0.1) is 7.11 Å². The van der Waals surface area contributed by atoms with E-state index in [4.69, 9.17) is 9.47 Å². The normalized spacial score (nSPS) is 23.2. The van der Waals surface area contributed by atoms with Crippen molar-refractivity contribution in [3.05, 3.63) is 95.1 Å². The summed E-state index contributed by atoms with van der Waals surface area (Å²) in [6.07, 6.45) is 4.31. The van der Waals surface area contributed by atoms with Gasteiger partial charge in [-0.05, 0) is 106 Å². The quantitative estimate of drug-likeness (QED) is 0.306. The lowest BCUT2D eigenvalue weighted by Crippen LogP contribution is -2.58. The van der Waals surface area contributed by atoms with Gasteiger partial charge in [-0.15, -0.1) is 0 Å². The highest BCUT2D eigenvalue weighted by atomic mass is 16.6. The maximum absolute atomic E-state index is 12.6. The van der Waals surface area contributed by atoms with Crippen LogP contribution in [0.5, 0.6) is 5.75 Å². The smallest absolute Gasteiger partial charge is 0.410 e. The van der Waals surface area contributed by atoms with Gasteiger partial charge in [0.1, 0.15) is 11.4 Å². The first kappa shape index (κ1) is 30.5. The van der Waals surface area contributed by atoms with Gasteiger partial charge in [0.2, 0.25) is 0 Å². The molecule has 0 spiro atoms. The van der Waals surface area contributed by atoms with Crippen LogP contribution in [0.1, 0.15) is 81.0 Å². The molecule has 1 aliphatic carbocycles. The summed E-state index contributed by atoms with van der Waals surface area (Å²) in [5, 5.41) is 0. The topological polar surface area (TPSA) is 45.2 Å². The lowest BCUT2D eigenvalue weighted by atomic mass is 9.69. The Labute approximate surface area is 263 Å². The van der Waals surface area contributed by atoms with Gasteiger partial charge >= 0.3 is 6.09 Å². The van der Waals surface area contributed by atoms with E-state index in [0.29, 0.717) is 23.9 Å². The van der Waals surface area contributed by atoms with Gasteiger partial charge < -0.3 is 19.3 Å². The van der Waals surface area contributed by atoms with Gasteiger partial charge in [-0.25, -0.2) is 4.79 Å². The van der Waals surface area contributed by atoms with E-state index in [0.717, 1.165) is 64.2 Å². The molecular weight excluding hydrogens is 546 g/mol. The fourth-order valence-corrected chi connectivity index (χ4v) is 7.75. The van der Waals surface area contributed by atoms with Crippen molar-refractivity contribution in [3.8, 4) is 5.75 Å². The zero-order chi connectivity index (χ0) is 30.8. The maximum atomic E-state index is 12.6. The first-order valence-electron chi connectivity index (χ1n) is 16.5. The number of benzene rings is 3. The standard InChI is InChI=1S/C38H49N3O3/c1-27-26-40(37(42)44-38(2,3)4)23-24-41(27)32-19-21-39(22-20-32)31-14-11-29(12-15-31)36-34(28-9-7-6-8-10-28)17-13-30-25-33(43-5)16-18-35(30)36/h6-12,14-16,18,25,27,32,34,36H,13,17,19-24,26H2,1-5H3/t27-,34+,36-/m0/s1. The summed E-state index contributed by atoms with van der Waals surface area (Å²) >= 11 is 0. The van der Waals surface area contributed by atoms with Crippen molar-refractivity contribution in [3.63, 3.8) is 0 Å². The minimum Gasteiger partial charge on any atom is -0.497 e. The predicted octanol–water partition coefficient (Wildman–Crippen LogP) is 7.47. The van der Waals surface area contributed by atoms with Gasteiger partial charge in [0.15, 0.2) is 0 Å². The summed E-state index contributed by atoms with van der Waals surface area (Å²) in [5.74, 6) is 1.72. The van der Waals surface area contributed by atoms with E-state index < -0.39 is 5.60 Å². The molecular formula is C38H49N3O3. The summed E-state index contributed by atoms with van der Waals surface area (Å²) in [4.78, 5) is 19.7. The second kappa shape index (κ2) is 12.8. The number of piperazine rings is 1. The minimum absolute atomic E-state index is 0.186. The molecule has 3 aromatic rings. The zero-order valence-electron chi connectivity index (χ0n) is 27.2. The second-order valence-electron chi connectivity index (χ2n) is 13.9. The molecule has 0 bridgehead atoms. The van der Waals surface area contributed by atoms with Crippen molar-refractivity contribution in [1.29, 1.82) is 0 Å². The molecule has 3 aliphatic rings. The van der Waals surface area contributed by atoms with Gasteiger partial charge in [-0.2, -0.15) is 0 Å². The number of piperidine rings is 1. The fourth-order valence-electron chi connectivity index (χ4n) is 7.75. The molecule has 6 nitrogen and oxygen atoms in total. The molecule has 2 heterocycles. The first-order chi connectivity index (χ1) is 21.2. The number of fused-ring (bicyclic) bond motifs is 1. The Balaban J connectivity index is 1.12. The molecule has 1 amide bonds. The summed E-state index contributed by atoms with van der Waals surface area (Å²) in [6.45, 7) is 12.5. The number of carbonyl (C=O) groups is 1. The number of hydrogen-bond donors (Lipinski definition) is 0. The van der Waals surface area contributed by atoms with E-state index in [2.05, 4.69) is 89.5 Å². The number of aryl methyl sites for hydroxylation is 1. The molecule has 234 valence electrons. The molecule has 3 atom stereocenters. The highest BCUT2D eigenvalue weighted by Crippen LogP contribution is 2.47. The van der Waals surface area contributed by atoms with E-state index in [-0.39, 0.29) is 6.09 Å². The summed E-state index contributed by atoms with van der Waals surface area (Å²) in [6, 6.07) is 28.0. The molecule has 6 heteroatoms. The molecule has 6 rings (SSSR count). The number of carbonyl (C=O) groups excluding carboxylic acids is 1. The van der Waals surface area contributed by atoms with Crippen molar-refractivity contribution >= 4 is 11.8 Å². The third kappa shape index (κ3) is 6.61. The summed E-state index contributed by atoms with van der Waals surface area (Å²) < 4.78 is 11.2. The molecule has 0 aromatic heterocycles. The number of methoxy groups -OCH3 is 1. The van der Waals surface area contributed by atoms with Gasteiger partial charge in [-0.3, -0.25) is 4.90 Å². The van der Waals surface area contributed by atoms with E-state index in [9.17, 15) is 4.79 Å². The molecule has 2 saturated heterocycles. The third-order valence-electron chi connectivity index (χ3n) is 9.92. The van der Waals surface area contributed by atoms with Crippen LogP contribution in [0.4, 0.5) is 10.5 Å². The Morgan fingerprint density at radius 1 is 0.841 bits per heavy atom. The van der Waals surface area contributed by atoms with Crippen molar-refractivity contribution in [2.75, 3.05) is 44.7 Å². The lowest BCUT2D eigenvalue weighted by Gasteiger charge is -2.46. The Kier molecular flexibility index (Phi) is 8.91. The molecule has 0 saturated carbocycles. The molecule has 2 fully saturated rings. The van der Waals surface area contributed by atoms with Gasteiger partial charge in [0, 0.05) is 56.4 Å². The van der Waals surface area contributed by atoms with Crippen LogP contribution >= 0.6 is 0 Å². The van der Waals surface area contributed by atoms with Crippen LogP contribution in [0.15, 0.2) is 72.8 Å². The fraction of sp³-hybridized carbons (Fsp3) is 0.500. The number of ether oxygens (including phenoxy) is 2. The number of nitrogens with zero attached hydrogens (tertiary/aromatic N) is 3. The second-order valence-corrected chi connectivity index (χ2v) is 13.9. The number of amides is 1. The van der Waals surface area contributed by atoms with Crippen LogP contribution in [-0.4, -0.2) is 73.4 Å². The number of rotatable bonds is 5. The lowest BCUT2D eigenvalue weighted by molar-refractivity contribution is -0.00427. The van der Waals surface area contributed by atoms with Gasteiger partial charge in [0.25, 0.3) is 0 Å². The highest BCUT2D eigenvalue weighted by molar-refractivity contribution is 5.68. The van der Waals surface area contributed by atoms with Crippen LogP contribution in [0.3, 0.4) is 0 Å². The first-order valence-corrected chi connectivity index (χ1v) is 16.5. The Hall–Kier alpha value is -3.51. The monoisotopic (exact) mass is 595 g/mol. The Morgan fingerprint density at radius 2 is 1.57 bits per heavy atom. The van der Waals surface area contributed by atoms with Crippen molar-refractivity contribution in [2.24, 2.45) is 0 Å². The number of hydrogen-bond acceptors (Lipinski definition) is 5. The van der Waals surface area contributed by atoms with Crippen molar-refractivity contribution < 1.29 is 14.3 Å². The predicted molar refractivity (Wildman–Crippen MR) is 178 cm³/mol. The van der Waals surface area contributed by atoms with Crippen LogP contribution < -0.4 is 9.64 Å². The van der Waals surface area contributed by atoms with Crippen LogP contribution in [0, 0.1) is 0 Å². The van der Waals surface area contributed by atoms with E-state index >= 15 is 0 Å². The zero-order valence-corrected chi connectivity index (χ0v) is 27.2. The van der Waals surface area contributed by atoms with E-state index in [1.165, 1.54) is 27.9 Å². The van der Waals surface area contributed by atoms with E-state index in [1.54, 1.807) is 7.11 Å². The van der Waals surface area contributed by atoms with Gasteiger partial charge in [-0.1, -0.05) is 48.5 Å².